The number of hydrogen-bond donors (Lipinski definition) is 0. The summed E-state index contributed by atoms with van der Waals surface area (Å²) in [6.45, 7) is 0. The summed E-state index contributed by atoms with van der Waals surface area (Å²) in [5.41, 5.74) is 0.730. The highest BCUT2D eigenvalue weighted by molar-refractivity contribution is 6.20. The molecule has 1 aliphatic rings. The minimum absolute atomic E-state index is 0.365. The van der Waals surface area contributed by atoms with Gasteiger partial charge in [-0.2, -0.15) is 0 Å². The minimum atomic E-state index is -0.443. The van der Waals surface area contributed by atoms with Crippen molar-refractivity contribution in [3.63, 3.8) is 0 Å². The first-order chi connectivity index (χ1) is 8.93. The second-order valence-electron chi connectivity index (χ2n) is 4.61. The molecule has 0 aromatic heterocycles. The zero-order valence-corrected chi connectivity index (χ0v) is 11.4. The monoisotopic (exact) mass is 262 g/mol. The van der Waals surface area contributed by atoms with Crippen molar-refractivity contribution in [1.29, 1.82) is 0 Å². The molecular formula is C13H16N3O3+. The van der Waals surface area contributed by atoms with Crippen LogP contribution in [0.4, 0.5) is 0 Å². The third kappa shape index (κ3) is 2.16. The molecule has 0 saturated heterocycles. The van der Waals surface area contributed by atoms with Crippen LogP contribution in [0, 0.1) is 0 Å². The highest BCUT2D eigenvalue weighted by Crippen LogP contribution is 2.22. The highest BCUT2D eigenvalue weighted by atomic mass is 16.7. The van der Waals surface area contributed by atoms with Gasteiger partial charge >= 0.3 is 6.02 Å². The van der Waals surface area contributed by atoms with E-state index < -0.39 is 11.8 Å². The Bertz CT molecular complexity index is 539. The predicted molar refractivity (Wildman–Crippen MR) is 68.8 cm³/mol. The van der Waals surface area contributed by atoms with Crippen molar-refractivity contribution >= 4 is 17.8 Å². The molecule has 6 nitrogen and oxygen atoms in total. The van der Waals surface area contributed by atoms with E-state index in [2.05, 4.69) is 0 Å². The van der Waals surface area contributed by atoms with E-state index in [-0.39, 0.29) is 0 Å². The molecule has 0 spiro atoms. The first kappa shape index (κ1) is 13.1. The molecule has 0 radical (unpaired) electrons. The van der Waals surface area contributed by atoms with Crippen molar-refractivity contribution in [3.8, 4) is 0 Å². The number of amides is 2. The molecule has 0 aliphatic carbocycles. The number of fused-ring (bicyclic) bond motifs is 1. The number of benzene rings is 1. The van der Waals surface area contributed by atoms with Crippen LogP contribution in [0.1, 0.15) is 20.7 Å². The van der Waals surface area contributed by atoms with Gasteiger partial charge in [0.15, 0.2) is 0 Å². The highest BCUT2D eigenvalue weighted by Gasteiger charge is 2.39. The van der Waals surface area contributed by atoms with Crippen molar-refractivity contribution in [2.24, 2.45) is 0 Å². The van der Waals surface area contributed by atoms with Crippen LogP contribution in [0.5, 0.6) is 0 Å². The molecule has 19 heavy (non-hydrogen) atoms. The van der Waals surface area contributed by atoms with Crippen molar-refractivity contribution in [2.75, 3.05) is 28.2 Å². The molecule has 0 N–H and O–H groups in total. The molecule has 0 fully saturated rings. The van der Waals surface area contributed by atoms with Gasteiger partial charge in [0, 0.05) is 0 Å². The van der Waals surface area contributed by atoms with Crippen LogP contribution in [0.3, 0.4) is 0 Å². The molecular weight excluding hydrogens is 246 g/mol. The van der Waals surface area contributed by atoms with Gasteiger partial charge in [0.2, 0.25) is 0 Å². The first-order valence-corrected chi connectivity index (χ1v) is 5.81. The Kier molecular flexibility index (Phi) is 3.25. The fourth-order valence-electron chi connectivity index (χ4n) is 1.89. The third-order valence-corrected chi connectivity index (χ3v) is 2.69. The average molecular weight is 262 g/mol. The van der Waals surface area contributed by atoms with E-state index in [0.29, 0.717) is 17.1 Å². The van der Waals surface area contributed by atoms with Crippen molar-refractivity contribution in [2.45, 2.75) is 0 Å². The normalized spacial score (nSPS) is 13.4. The molecule has 6 heteroatoms. The summed E-state index contributed by atoms with van der Waals surface area (Å²) in [4.78, 5) is 31.4. The lowest BCUT2D eigenvalue weighted by molar-refractivity contribution is -0.484. The Hall–Kier alpha value is -2.37. The number of rotatable bonds is 1. The lowest BCUT2D eigenvalue weighted by Crippen LogP contribution is -2.41. The Labute approximate surface area is 111 Å². The van der Waals surface area contributed by atoms with Gasteiger partial charge in [-0.25, -0.2) is 9.48 Å². The summed E-state index contributed by atoms with van der Waals surface area (Å²) in [7, 11) is 7.09. The summed E-state index contributed by atoms with van der Waals surface area (Å²) in [5, 5.41) is 0.792. The largest absolute Gasteiger partial charge is 0.470 e. The average Bonchev–Trinajstić information content (AvgIpc) is 2.59. The zero-order valence-electron chi connectivity index (χ0n) is 11.4. The van der Waals surface area contributed by atoms with E-state index in [9.17, 15) is 9.59 Å². The van der Waals surface area contributed by atoms with Gasteiger partial charge in [0.25, 0.3) is 11.8 Å². The number of hydrogen-bond acceptors (Lipinski definition) is 3. The number of carbonyl (C=O) groups excluding carboxylic acids is 2. The van der Waals surface area contributed by atoms with Crippen molar-refractivity contribution in [3.05, 3.63) is 35.4 Å². The zero-order chi connectivity index (χ0) is 14.2. The van der Waals surface area contributed by atoms with Gasteiger partial charge in [-0.1, -0.05) is 17.2 Å². The van der Waals surface area contributed by atoms with Gasteiger partial charge in [-0.05, 0) is 12.1 Å². The van der Waals surface area contributed by atoms with Crippen LogP contribution in [0.2, 0.25) is 0 Å². The Balaban J connectivity index is 2.33. The fourth-order valence-corrected chi connectivity index (χ4v) is 1.89. The third-order valence-electron chi connectivity index (χ3n) is 2.69. The molecule has 0 bridgehead atoms. The van der Waals surface area contributed by atoms with Crippen LogP contribution in [-0.4, -0.2) is 60.6 Å². The predicted octanol–water partition coefficient (Wildman–Crippen LogP) is 0.404. The van der Waals surface area contributed by atoms with Crippen LogP contribution in [-0.2, 0) is 4.84 Å². The summed E-state index contributed by atoms with van der Waals surface area (Å²) < 4.78 is 1.68. The first-order valence-electron chi connectivity index (χ1n) is 5.81. The standard InChI is InChI=1S/C13H16N3O3/c1-14(2)13(15(3)4)19-16-11(17)9-7-5-6-8-10(9)12(16)18/h5-8H,1-4H3/q+1. The van der Waals surface area contributed by atoms with E-state index >= 15 is 0 Å². The summed E-state index contributed by atoms with van der Waals surface area (Å²) in [6, 6.07) is 7.06. The van der Waals surface area contributed by atoms with Crippen LogP contribution < -0.4 is 0 Å². The molecule has 2 rings (SSSR count). The van der Waals surface area contributed by atoms with E-state index in [1.165, 1.54) is 0 Å². The van der Waals surface area contributed by atoms with Gasteiger partial charge in [0.05, 0.1) is 39.3 Å². The smallest absolute Gasteiger partial charge is 0.292 e. The van der Waals surface area contributed by atoms with Gasteiger partial charge in [-0.15, -0.1) is 0 Å². The van der Waals surface area contributed by atoms with Crippen molar-refractivity contribution in [1.82, 2.24) is 9.96 Å². The summed E-state index contributed by atoms with van der Waals surface area (Å²) in [6.07, 6.45) is 0. The number of imide groups is 1. The van der Waals surface area contributed by atoms with E-state index in [1.54, 1.807) is 61.9 Å². The second-order valence-corrected chi connectivity index (χ2v) is 4.61. The minimum Gasteiger partial charge on any atom is -0.292 e. The molecule has 2 amide bonds. The maximum Gasteiger partial charge on any atom is 0.470 e. The van der Waals surface area contributed by atoms with Gasteiger partial charge in [0.1, 0.15) is 0 Å². The number of amidine groups is 1. The summed E-state index contributed by atoms with van der Waals surface area (Å²) >= 11 is 0. The maximum absolute atomic E-state index is 12.1. The molecule has 0 saturated carbocycles. The van der Waals surface area contributed by atoms with Crippen LogP contribution in [0.15, 0.2) is 24.3 Å². The van der Waals surface area contributed by atoms with E-state index in [0.717, 1.165) is 5.06 Å². The Morgan fingerprint density at radius 1 is 1.11 bits per heavy atom. The SMILES string of the molecule is CN(C)C(ON1C(=O)c2ccccc2C1=O)=[N+](C)C. The van der Waals surface area contributed by atoms with Gasteiger partial charge in [-0.3, -0.25) is 14.4 Å². The van der Waals surface area contributed by atoms with E-state index in [4.69, 9.17) is 4.84 Å². The fraction of sp³-hybridized carbons (Fsp3) is 0.308. The second kappa shape index (κ2) is 4.72. The number of nitrogens with zero attached hydrogens (tertiary/aromatic N) is 3. The Morgan fingerprint density at radius 3 is 1.95 bits per heavy atom. The quantitative estimate of drug-likeness (QED) is 0.318. The van der Waals surface area contributed by atoms with Crippen LogP contribution in [0.25, 0.3) is 0 Å². The molecule has 100 valence electrons. The molecule has 1 heterocycles. The lowest BCUT2D eigenvalue weighted by Gasteiger charge is -2.16. The number of hydroxylamine groups is 2. The van der Waals surface area contributed by atoms with Gasteiger partial charge < -0.3 is 0 Å². The maximum atomic E-state index is 12.1. The molecule has 1 aliphatic heterocycles. The Morgan fingerprint density at radius 2 is 1.58 bits per heavy atom. The van der Waals surface area contributed by atoms with Crippen LogP contribution >= 0.6 is 0 Å². The lowest BCUT2D eigenvalue weighted by atomic mass is 10.1. The van der Waals surface area contributed by atoms with Crippen molar-refractivity contribution < 1.29 is 19.0 Å². The topological polar surface area (TPSA) is 52.9 Å². The molecule has 0 atom stereocenters. The number of carbonyl (C=O) groups is 2. The molecule has 1 aromatic rings. The molecule has 1 aromatic carbocycles. The summed E-state index contributed by atoms with van der Waals surface area (Å²) in [5.74, 6) is -0.886. The van der Waals surface area contributed by atoms with E-state index in [1.807, 2.05) is 0 Å². The molecule has 0 unspecified atom stereocenters.